The number of hydrogen-bond donors (Lipinski definition) is 9. The van der Waals surface area contributed by atoms with Gasteiger partial charge in [0.1, 0.15) is 66.8 Å². The minimum atomic E-state index is -1.66. The van der Waals surface area contributed by atoms with Crippen molar-refractivity contribution in [3.63, 3.8) is 0 Å². The highest BCUT2D eigenvalue weighted by Crippen LogP contribution is 2.70. The second-order valence-electron chi connectivity index (χ2n) is 21.2. The Hall–Kier alpha value is -0.900. The van der Waals surface area contributed by atoms with E-state index in [-0.39, 0.29) is 29.3 Å². The van der Waals surface area contributed by atoms with E-state index in [4.69, 9.17) is 33.2 Å². The van der Waals surface area contributed by atoms with Crippen LogP contribution in [0.15, 0.2) is 11.6 Å². The fourth-order valence-electron chi connectivity index (χ4n) is 14.1. The predicted octanol–water partition coefficient (Wildman–Crippen LogP) is 0.815. The zero-order valence-electron chi connectivity index (χ0n) is 36.6. The lowest BCUT2D eigenvalue weighted by atomic mass is 9.47. The van der Waals surface area contributed by atoms with Gasteiger partial charge in [-0.15, -0.1) is 0 Å². The van der Waals surface area contributed by atoms with Crippen molar-refractivity contribution in [2.45, 2.75) is 209 Å². The normalized spacial score (nSPS) is 58.4. The van der Waals surface area contributed by atoms with Crippen LogP contribution in [0.2, 0.25) is 0 Å². The van der Waals surface area contributed by atoms with Crippen LogP contribution in [0.1, 0.15) is 99.3 Å². The van der Waals surface area contributed by atoms with Crippen LogP contribution in [0, 0.1) is 46.3 Å². The predicted molar refractivity (Wildman–Crippen MR) is 215 cm³/mol. The van der Waals surface area contributed by atoms with E-state index in [9.17, 15) is 40.9 Å². The molecule has 5 heterocycles. The van der Waals surface area contributed by atoms with Gasteiger partial charge in [0.15, 0.2) is 18.9 Å². The summed E-state index contributed by atoms with van der Waals surface area (Å²) in [6.07, 6.45) is -8.86. The summed E-state index contributed by atoms with van der Waals surface area (Å²) in [6.45, 7) is 13.5. The first-order valence-electron chi connectivity index (χ1n) is 23.3. The van der Waals surface area contributed by atoms with Gasteiger partial charge in [-0.05, 0) is 112 Å². The maximum Gasteiger partial charge on any atom is 0.187 e. The number of aliphatic hydroxyl groups is 8. The second kappa shape index (κ2) is 16.8. The molecule has 61 heavy (non-hydrogen) atoms. The van der Waals surface area contributed by atoms with Crippen molar-refractivity contribution in [2.75, 3.05) is 13.2 Å². The van der Waals surface area contributed by atoms with Crippen LogP contribution < -0.4 is 5.32 Å². The van der Waals surface area contributed by atoms with Crippen molar-refractivity contribution < 1.29 is 74.0 Å². The van der Waals surface area contributed by atoms with Gasteiger partial charge in [0, 0.05) is 12.5 Å². The molecule has 26 atom stereocenters. The van der Waals surface area contributed by atoms with Crippen LogP contribution in [-0.2, 0) is 33.2 Å². The molecule has 16 heteroatoms. The fourth-order valence-corrected chi connectivity index (χ4v) is 14.1. The standard InChI is InChI=1S/C45H73NO15/c1-19-9-14-45(46-17-19)20(2)30-28(61-45)16-27-25-8-7-23-15-24(10-12-43(23,5)26(25)11-13-44(27,30)6)58-42-37(53)34(50)32(48)29(59-42)18-55-40-38(54)35(51)39(22(4)57-40)60-41-36(52)33(49)31(47)21(3)56-41/h7,19-22,24-42,46-54H,8-18H2,1-6H3/t19-,20+,21+,22-,24+,25-,26+,27+,28+,29+,30+,31+,32+,33-,34-,35-,36-,37+,38+,39-,40+,41+,42+,43+,44+,45-/m1/s1. The Kier molecular flexibility index (Phi) is 12.4. The highest BCUT2D eigenvalue weighted by atomic mass is 16.7. The Morgan fingerprint density at radius 1 is 0.705 bits per heavy atom. The zero-order valence-corrected chi connectivity index (χ0v) is 36.6. The smallest absolute Gasteiger partial charge is 0.187 e. The summed E-state index contributed by atoms with van der Waals surface area (Å²) in [4.78, 5) is 0. The Morgan fingerprint density at radius 2 is 1.39 bits per heavy atom. The van der Waals surface area contributed by atoms with Crippen molar-refractivity contribution in [1.82, 2.24) is 5.32 Å². The van der Waals surface area contributed by atoms with E-state index < -0.39 is 92.1 Å². The zero-order chi connectivity index (χ0) is 43.5. The van der Waals surface area contributed by atoms with Crippen molar-refractivity contribution in [2.24, 2.45) is 46.3 Å². The largest absolute Gasteiger partial charge is 0.388 e. The molecule has 3 saturated carbocycles. The van der Waals surface area contributed by atoms with Gasteiger partial charge in [0.25, 0.3) is 0 Å². The first-order chi connectivity index (χ1) is 28.9. The van der Waals surface area contributed by atoms with Crippen molar-refractivity contribution in [1.29, 1.82) is 0 Å². The van der Waals surface area contributed by atoms with E-state index in [1.807, 2.05) is 0 Å². The second-order valence-corrected chi connectivity index (χ2v) is 21.2. The molecule has 4 aliphatic carbocycles. The number of ether oxygens (including phenoxy) is 7. The molecule has 0 aromatic carbocycles. The molecule has 1 spiro atoms. The van der Waals surface area contributed by atoms with E-state index in [0.29, 0.717) is 48.0 Å². The number of allylic oxidation sites excluding steroid dienone is 1. The molecule has 0 unspecified atom stereocenters. The summed E-state index contributed by atoms with van der Waals surface area (Å²) in [7, 11) is 0. The van der Waals surface area contributed by atoms with Crippen molar-refractivity contribution >= 4 is 0 Å². The third-order valence-corrected chi connectivity index (χ3v) is 17.8. The number of nitrogens with one attached hydrogen (secondary N) is 1. The minimum absolute atomic E-state index is 0.0483. The average molecular weight is 868 g/mol. The molecule has 0 radical (unpaired) electrons. The third kappa shape index (κ3) is 7.52. The number of fused-ring (bicyclic) bond motifs is 7. The SMILES string of the molecule is C[C@@H]1CC[C@@]2(NC1)O[C@H]1C[C@H]3[C@@H]4CC=C5C[C@@H](O[C@H]6O[C@@H](CO[C@H]7O[C@H](C)[C@@H](O[C@@H]8O[C@@H](C)[C@H](O)[C@@H](O)[C@H]8O)[C@H](O)[C@@H]7O)[C@H](O)[C@@H](O)[C@@H]6O)CC[C@]5(C)[C@H]4CC[C@]3(C)[C@H]1[C@@H]2C. The highest BCUT2D eigenvalue weighted by Gasteiger charge is 2.68. The van der Waals surface area contributed by atoms with Crippen LogP contribution in [0.3, 0.4) is 0 Å². The molecule has 0 aromatic heterocycles. The summed E-state index contributed by atoms with van der Waals surface area (Å²) in [5.74, 6) is 3.58. The lowest BCUT2D eigenvalue weighted by molar-refractivity contribution is -0.359. The van der Waals surface area contributed by atoms with Gasteiger partial charge in [0.2, 0.25) is 0 Å². The van der Waals surface area contributed by atoms with Crippen LogP contribution in [-0.4, -0.2) is 164 Å². The first kappa shape index (κ1) is 45.3. The van der Waals surface area contributed by atoms with Crippen molar-refractivity contribution in [3.05, 3.63) is 11.6 Å². The Balaban J connectivity index is 0.801. The minimum Gasteiger partial charge on any atom is -0.388 e. The number of hydrogen-bond acceptors (Lipinski definition) is 16. The fraction of sp³-hybridized carbons (Fsp3) is 0.956. The van der Waals surface area contributed by atoms with Gasteiger partial charge >= 0.3 is 0 Å². The topological polar surface area (TPSA) is 238 Å². The molecule has 8 fully saturated rings. The maximum atomic E-state index is 11.0. The molecular formula is C45H73NO15. The van der Waals surface area contributed by atoms with Gasteiger partial charge < -0.3 is 74.0 Å². The summed E-state index contributed by atoms with van der Waals surface area (Å²) in [5, 5.41) is 89.4. The van der Waals surface area contributed by atoms with Crippen LogP contribution in [0.25, 0.3) is 0 Å². The van der Waals surface area contributed by atoms with Gasteiger partial charge in [-0.25, -0.2) is 0 Å². The lowest BCUT2D eigenvalue weighted by Crippen LogP contribution is -2.63. The first-order valence-corrected chi connectivity index (χ1v) is 23.3. The van der Waals surface area contributed by atoms with Gasteiger partial charge in [-0.1, -0.05) is 39.3 Å². The van der Waals surface area contributed by atoms with Crippen LogP contribution in [0.5, 0.6) is 0 Å². The highest BCUT2D eigenvalue weighted by molar-refractivity contribution is 5.26. The molecule has 5 aliphatic heterocycles. The molecule has 9 rings (SSSR count). The molecule has 0 amide bonds. The Labute approximate surface area is 359 Å². The average Bonchev–Trinajstić information content (AvgIpc) is 3.68. The summed E-state index contributed by atoms with van der Waals surface area (Å²) >= 11 is 0. The number of aliphatic hydroxyl groups excluding tert-OH is 8. The molecule has 0 bridgehead atoms. The number of piperidine rings is 1. The third-order valence-electron chi connectivity index (χ3n) is 17.8. The molecule has 348 valence electrons. The monoisotopic (exact) mass is 867 g/mol. The quantitative estimate of drug-likeness (QED) is 0.161. The summed E-state index contributed by atoms with van der Waals surface area (Å²) in [5.41, 5.74) is 1.54. The molecule has 16 nitrogen and oxygen atoms in total. The van der Waals surface area contributed by atoms with E-state index in [1.54, 1.807) is 6.92 Å². The van der Waals surface area contributed by atoms with Gasteiger partial charge in [0.05, 0.1) is 31.0 Å². The molecule has 9 N–H and O–H groups in total. The Morgan fingerprint density at radius 3 is 2.11 bits per heavy atom. The summed E-state index contributed by atoms with van der Waals surface area (Å²) < 4.78 is 42.5. The van der Waals surface area contributed by atoms with Gasteiger partial charge in [-0.2, -0.15) is 0 Å². The Bertz CT molecular complexity index is 1600. The van der Waals surface area contributed by atoms with E-state index in [0.717, 1.165) is 38.6 Å². The van der Waals surface area contributed by atoms with E-state index in [2.05, 4.69) is 39.1 Å². The molecule has 9 aliphatic rings. The lowest BCUT2D eigenvalue weighted by Gasteiger charge is -2.59. The molecule has 0 aromatic rings. The van der Waals surface area contributed by atoms with E-state index >= 15 is 0 Å². The molecule has 5 saturated heterocycles. The van der Waals surface area contributed by atoms with Gasteiger partial charge in [-0.3, -0.25) is 5.32 Å². The van der Waals surface area contributed by atoms with E-state index in [1.165, 1.54) is 31.8 Å². The van der Waals surface area contributed by atoms with Crippen molar-refractivity contribution in [3.8, 4) is 0 Å². The summed E-state index contributed by atoms with van der Waals surface area (Å²) in [6, 6.07) is 0. The maximum absolute atomic E-state index is 11.0. The molecular weight excluding hydrogens is 794 g/mol. The van der Waals surface area contributed by atoms with Crippen LogP contribution >= 0.6 is 0 Å². The van der Waals surface area contributed by atoms with Crippen LogP contribution in [0.4, 0.5) is 0 Å². The number of rotatable bonds is 7.